The van der Waals surface area contributed by atoms with E-state index < -0.39 is 0 Å². The predicted molar refractivity (Wildman–Crippen MR) is 62.3 cm³/mol. The van der Waals surface area contributed by atoms with E-state index in [1.165, 1.54) is 3.57 Å². The Labute approximate surface area is 98.3 Å². The van der Waals surface area contributed by atoms with Gasteiger partial charge in [-0.05, 0) is 82.5 Å². The Balaban J connectivity index is 3.34. The molecule has 0 fully saturated rings. The Bertz CT molecular complexity index is 232. The highest BCUT2D eigenvalue weighted by molar-refractivity contribution is 14.1. The summed E-state index contributed by atoms with van der Waals surface area (Å²) in [4.78, 5) is 0. The zero-order valence-corrected chi connectivity index (χ0v) is 11.6. The molecule has 10 heavy (non-hydrogen) atoms. The highest BCUT2D eigenvalue weighted by atomic mass is 127. The van der Waals surface area contributed by atoms with Gasteiger partial charge in [-0.2, -0.15) is 0 Å². The van der Waals surface area contributed by atoms with Gasteiger partial charge in [0, 0.05) is 17.0 Å². The average Bonchev–Trinajstić information content (AvgIpc) is 1.93. The summed E-state index contributed by atoms with van der Waals surface area (Å²) < 4.78 is 4.48. The molecule has 0 bridgehead atoms. The van der Waals surface area contributed by atoms with Crippen molar-refractivity contribution in [1.29, 1.82) is 0 Å². The van der Waals surface area contributed by atoms with Crippen molar-refractivity contribution in [3.05, 3.63) is 29.1 Å². The summed E-state index contributed by atoms with van der Waals surface area (Å²) in [5.41, 5.74) is 0. The van der Waals surface area contributed by atoms with Crippen LogP contribution in [0, 0.1) is 3.57 Å². The highest BCUT2D eigenvalue weighted by Crippen LogP contribution is 2.32. The first-order chi connectivity index (χ1) is 4.63. The van der Waals surface area contributed by atoms with E-state index in [0.717, 1.165) is 13.4 Å². The first-order valence-electron chi connectivity index (χ1n) is 2.42. The molecule has 1 rings (SSSR count). The van der Waals surface area contributed by atoms with Gasteiger partial charge in [-0.1, -0.05) is 0 Å². The van der Waals surface area contributed by atoms with E-state index in [1.807, 2.05) is 12.1 Å². The van der Waals surface area contributed by atoms with Crippen molar-refractivity contribution in [3.8, 4) is 0 Å². The monoisotopic (exact) mass is 438 g/mol. The molecule has 0 atom stereocenters. The molecule has 0 spiro atoms. The van der Waals surface area contributed by atoms with Crippen LogP contribution in [-0.2, 0) is 0 Å². The minimum atomic E-state index is 1.08. The molecule has 0 aromatic heterocycles. The third-order valence-electron chi connectivity index (χ3n) is 0.988. The molecular formula is C6H2Br3I. The lowest BCUT2D eigenvalue weighted by Crippen LogP contribution is -1.77. The number of halogens is 4. The second-order valence-corrected chi connectivity index (χ2v) is 5.24. The SMILES string of the molecule is Brc1ccc(Br)c(I)c1Br. The largest absolute Gasteiger partial charge is 0.0496 e. The minimum Gasteiger partial charge on any atom is -0.0496 e. The fourth-order valence-corrected chi connectivity index (χ4v) is 2.62. The van der Waals surface area contributed by atoms with Gasteiger partial charge >= 0.3 is 0 Å². The van der Waals surface area contributed by atoms with Crippen LogP contribution in [0.2, 0.25) is 0 Å². The Morgan fingerprint density at radius 2 is 1.50 bits per heavy atom. The Kier molecular flexibility index (Phi) is 3.67. The van der Waals surface area contributed by atoms with Gasteiger partial charge in [0.15, 0.2) is 0 Å². The molecule has 0 heterocycles. The van der Waals surface area contributed by atoms with Crippen LogP contribution in [0.4, 0.5) is 0 Å². The second-order valence-electron chi connectivity index (χ2n) is 1.66. The normalized spacial score (nSPS) is 10.0. The Morgan fingerprint density at radius 3 is 2.00 bits per heavy atom. The first-order valence-corrected chi connectivity index (χ1v) is 5.87. The van der Waals surface area contributed by atoms with Crippen LogP contribution in [0.25, 0.3) is 0 Å². The molecule has 0 aliphatic carbocycles. The molecule has 0 saturated carbocycles. The lowest BCUT2D eigenvalue weighted by molar-refractivity contribution is 1.49. The summed E-state index contributed by atoms with van der Waals surface area (Å²) in [6.07, 6.45) is 0. The van der Waals surface area contributed by atoms with Crippen LogP contribution in [0.15, 0.2) is 25.6 Å². The van der Waals surface area contributed by atoms with Crippen molar-refractivity contribution in [2.45, 2.75) is 0 Å². The summed E-state index contributed by atoms with van der Waals surface area (Å²) in [7, 11) is 0. The van der Waals surface area contributed by atoms with Crippen molar-refractivity contribution in [1.82, 2.24) is 0 Å². The topological polar surface area (TPSA) is 0 Å². The maximum atomic E-state index is 3.45. The van der Waals surface area contributed by atoms with E-state index >= 15 is 0 Å². The third kappa shape index (κ3) is 1.95. The van der Waals surface area contributed by atoms with E-state index in [2.05, 4.69) is 70.4 Å². The molecule has 54 valence electrons. The Morgan fingerprint density at radius 1 is 1.00 bits per heavy atom. The lowest BCUT2D eigenvalue weighted by atomic mass is 10.4. The van der Waals surface area contributed by atoms with Crippen LogP contribution >= 0.6 is 70.4 Å². The molecule has 0 unspecified atom stereocenters. The van der Waals surface area contributed by atoms with Gasteiger partial charge in [0.05, 0.1) is 0 Å². The summed E-state index contributed by atoms with van der Waals surface area (Å²) >= 11 is 12.5. The van der Waals surface area contributed by atoms with E-state index in [9.17, 15) is 0 Å². The smallest absolute Gasteiger partial charge is 0.0462 e. The van der Waals surface area contributed by atoms with E-state index in [0.29, 0.717) is 0 Å². The van der Waals surface area contributed by atoms with Crippen LogP contribution in [-0.4, -0.2) is 0 Å². The van der Waals surface area contributed by atoms with E-state index in [4.69, 9.17) is 0 Å². The summed E-state index contributed by atoms with van der Waals surface area (Å²) in [5.74, 6) is 0. The van der Waals surface area contributed by atoms with Crippen LogP contribution in [0.1, 0.15) is 0 Å². The predicted octanol–water partition coefficient (Wildman–Crippen LogP) is 4.58. The van der Waals surface area contributed by atoms with E-state index in [-0.39, 0.29) is 0 Å². The average molecular weight is 441 g/mol. The zero-order valence-electron chi connectivity index (χ0n) is 4.67. The second kappa shape index (κ2) is 3.87. The maximum Gasteiger partial charge on any atom is 0.0462 e. The van der Waals surface area contributed by atoms with E-state index in [1.54, 1.807) is 0 Å². The standard InChI is InChI=1S/C6H2Br3I/c7-3-1-2-4(8)6(10)5(3)9/h1-2H. The van der Waals surface area contributed by atoms with Crippen LogP contribution < -0.4 is 0 Å². The van der Waals surface area contributed by atoms with Crippen molar-refractivity contribution in [2.24, 2.45) is 0 Å². The molecule has 0 radical (unpaired) electrons. The van der Waals surface area contributed by atoms with Gasteiger partial charge in [-0.3, -0.25) is 0 Å². The fraction of sp³-hybridized carbons (Fsp3) is 0. The summed E-state index contributed by atoms with van der Waals surface area (Å²) in [5, 5.41) is 0. The molecule has 4 heteroatoms. The number of hydrogen-bond donors (Lipinski definition) is 0. The highest BCUT2D eigenvalue weighted by Gasteiger charge is 2.03. The van der Waals surface area contributed by atoms with Gasteiger partial charge in [-0.15, -0.1) is 0 Å². The molecule has 0 aliphatic rings. The quantitative estimate of drug-likeness (QED) is 0.315. The van der Waals surface area contributed by atoms with Crippen LogP contribution in [0.3, 0.4) is 0 Å². The number of rotatable bonds is 0. The molecule has 0 N–H and O–H groups in total. The van der Waals surface area contributed by atoms with Crippen molar-refractivity contribution in [2.75, 3.05) is 0 Å². The van der Waals surface area contributed by atoms with Gasteiger partial charge in [0.1, 0.15) is 0 Å². The third-order valence-corrected chi connectivity index (χ3v) is 6.27. The molecule has 1 aromatic carbocycles. The molecule has 0 nitrogen and oxygen atoms in total. The summed E-state index contributed by atoms with van der Waals surface area (Å²) in [6.45, 7) is 0. The number of hydrogen-bond acceptors (Lipinski definition) is 0. The van der Waals surface area contributed by atoms with Gasteiger partial charge in [0.25, 0.3) is 0 Å². The Hall–Kier alpha value is 1.39. The minimum absolute atomic E-state index is 1.08. The fourth-order valence-electron chi connectivity index (χ4n) is 0.502. The van der Waals surface area contributed by atoms with Crippen LogP contribution in [0.5, 0.6) is 0 Å². The van der Waals surface area contributed by atoms with Crippen molar-refractivity contribution < 1.29 is 0 Å². The van der Waals surface area contributed by atoms with Gasteiger partial charge < -0.3 is 0 Å². The number of benzene rings is 1. The first kappa shape index (κ1) is 9.48. The molecule has 0 saturated heterocycles. The van der Waals surface area contributed by atoms with Gasteiger partial charge in [0.2, 0.25) is 0 Å². The maximum absolute atomic E-state index is 3.45. The molecular weight excluding hydrogens is 439 g/mol. The van der Waals surface area contributed by atoms with Crippen molar-refractivity contribution in [3.63, 3.8) is 0 Å². The van der Waals surface area contributed by atoms with Gasteiger partial charge in [-0.25, -0.2) is 0 Å². The zero-order chi connectivity index (χ0) is 7.72. The molecule has 0 aliphatic heterocycles. The molecule has 1 aromatic rings. The van der Waals surface area contributed by atoms with Crippen molar-refractivity contribution >= 4 is 70.4 Å². The lowest BCUT2D eigenvalue weighted by Gasteiger charge is -2.00. The summed E-state index contributed by atoms with van der Waals surface area (Å²) in [6, 6.07) is 4.01. The molecule has 0 amide bonds.